The van der Waals surface area contributed by atoms with Crippen molar-refractivity contribution in [3.63, 3.8) is 0 Å². The van der Waals surface area contributed by atoms with Gasteiger partial charge in [0, 0.05) is 44.2 Å². The van der Waals surface area contributed by atoms with Crippen molar-refractivity contribution < 1.29 is 9.21 Å². The number of aryl methyl sites for hydroxylation is 3. The molecule has 1 amide bonds. The first kappa shape index (κ1) is 15.4. The van der Waals surface area contributed by atoms with Crippen molar-refractivity contribution in [3.8, 4) is 0 Å². The molecule has 2 aliphatic heterocycles. The highest BCUT2D eigenvalue weighted by atomic mass is 16.4. The number of carbonyl (C=O) groups excluding carboxylic acids is 1. The van der Waals surface area contributed by atoms with Crippen molar-refractivity contribution in [2.75, 3.05) is 19.6 Å². The van der Waals surface area contributed by atoms with E-state index in [4.69, 9.17) is 4.42 Å². The molecule has 0 spiro atoms. The van der Waals surface area contributed by atoms with E-state index >= 15 is 0 Å². The standard InChI is InChI=1S/C17H23N5O2/c1-4-14-7-11(2)16(24-14)17(23)21-8-13(9-21)20-5-6-22-12(3)18-19-15(22)10-20/h7,13H,4-6,8-10H2,1-3H3. The van der Waals surface area contributed by atoms with Crippen LogP contribution < -0.4 is 0 Å². The van der Waals surface area contributed by atoms with Crippen molar-refractivity contribution in [1.29, 1.82) is 0 Å². The zero-order valence-electron chi connectivity index (χ0n) is 14.4. The van der Waals surface area contributed by atoms with Crippen LogP contribution in [0.5, 0.6) is 0 Å². The average molecular weight is 329 g/mol. The van der Waals surface area contributed by atoms with Gasteiger partial charge < -0.3 is 13.9 Å². The average Bonchev–Trinajstić information content (AvgIpc) is 3.09. The third kappa shape index (κ3) is 2.43. The highest BCUT2D eigenvalue weighted by Crippen LogP contribution is 2.24. The van der Waals surface area contributed by atoms with Crippen molar-refractivity contribution in [2.45, 2.75) is 46.3 Å². The van der Waals surface area contributed by atoms with Crippen molar-refractivity contribution in [2.24, 2.45) is 0 Å². The Bertz CT molecular complexity index is 772. The van der Waals surface area contributed by atoms with Crippen LogP contribution in [0, 0.1) is 13.8 Å². The molecule has 128 valence electrons. The van der Waals surface area contributed by atoms with Crippen LogP contribution in [-0.4, -0.2) is 56.1 Å². The van der Waals surface area contributed by atoms with Gasteiger partial charge in [-0.2, -0.15) is 0 Å². The molecule has 0 aromatic carbocycles. The van der Waals surface area contributed by atoms with Crippen molar-refractivity contribution in [3.05, 3.63) is 34.8 Å². The number of fused-ring (bicyclic) bond motifs is 1. The van der Waals surface area contributed by atoms with E-state index in [1.165, 1.54) is 0 Å². The summed E-state index contributed by atoms with van der Waals surface area (Å²) in [5, 5.41) is 8.40. The molecule has 24 heavy (non-hydrogen) atoms. The van der Waals surface area contributed by atoms with Gasteiger partial charge in [0.1, 0.15) is 17.4 Å². The predicted octanol–water partition coefficient (Wildman–Crippen LogP) is 1.39. The zero-order valence-corrected chi connectivity index (χ0v) is 14.4. The zero-order chi connectivity index (χ0) is 16.8. The van der Waals surface area contributed by atoms with Crippen LogP contribution in [0.4, 0.5) is 0 Å². The number of furan rings is 1. The molecule has 0 aliphatic carbocycles. The number of rotatable bonds is 3. The number of amides is 1. The summed E-state index contributed by atoms with van der Waals surface area (Å²) in [6.45, 7) is 10.2. The van der Waals surface area contributed by atoms with E-state index in [-0.39, 0.29) is 5.91 Å². The Labute approximate surface area is 141 Å². The van der Waals surface area contributed by atoms with Gasteiger partial charge in [0.05, 0.1) is 6.54 Å². The lowest BCUT2D eigenvalue weighted by molar-refractivity contribution is 0.0144. The number of hydrogen-bond donors (Lipinski definition) is 0. The second-order valence-electron chi connectivity index (χ2n) is 6.73. The van der Waals surface area contributed by atoms with Gasteiger partial charge in [-0.3, -0.25) is 9.69 Å². The van der Waals surface area contributed by atoms with Crippen LogP contribution >= 0.6 is 0 Å². The summed E-state index contributed by atoms with van der Waals surface area (Å²) in [6, 6.07) is 2.37. The molecule has 0 saturated carbocycles. The molecule has 0 bridgehead atoms. The molecular weight excluding hydrogens is 306 g/mol. The monoisotopic (exact) mass is 329 g/mol. The summed E-state index contributed by atoms with van der Waals surface area (Å²) < 4.78 is 7.86. The molecule has 2 aromatic rings. The Morgan fingerprint density at radius 1 is 1.29 bits per heavy atom. The lowest BCUT2D eigenvalue weighted by atomic mass is 10.0. The smallest absolute Gasteiger partial charge is 0.289 e. The summed E-state index contributed by atoms with van der Waals surface area (Å²) in [6.07, 6.45) is 0.810. The minimum Gasteiger partial charge on any atom is -0.456 e. The van der Waals surface area contributed by atoms with E-state index in [1.54, 1.807) is 0 Å². The summed E-state index contributed by atoms with van der Waals surface area (Å²) >= 11 is 0. The molecule has 0 unspecified atom stereocenters. The maximum absolute atomic E-state index is 12.6. The SMILES string of the molecule is CCc1cc(C)c(C(=O)N2CC(N3CCn4c(C)nnc4C3)C2)o1. The van der Waals surface area contributed by atoms with Gasteiger partial charge in [-0.1, -0.05) is 6.92 Å². The van der Waals surface area contributed by atoms with Gasteiger partial charge >= 0.3 is 0 Å². The molecule has 0 N–H and O–H groups in total. The van der Waals surface area contributed by atoms with Gasteiger partial charge in [0.15, 0.2) is 5.76 Å². The second-order valence-corrected chi connectivity index (χ2v) is 6.73. The number of nitrogens with zero attached hydrogens (tertiary/aromatic N) is 5. The minimum absolute atomic E-state index is 0.0134. The van der Waals surface area contributed by atoms with Gasteiger partial charge in [-0.05, 0) is 19.9 Å². The van der Waals surface area contributed by atoms with Crippen LogP contribution in [0.15, 0.2) is 10.5 Å². The van der Waals surface area contributed by atoms with Crippen LogP contribution in [0.25, 0.3) is 0 Å². The normalized spacial score (nSPS) is 18.5. The van der Waals surface area contributed by atoms with Crippen molar-refractivity contribution >= 4 is 5.91 Å². The van der Waals surface area contributed by atoms with Gasteiger partial charge in [-0.15, -0.1) is 10.2 Å². The molecule has 7 heteroatoms. The number of hydrogen-bond acceptors (Lipinski definition) is 5. The summed E-state index contributed by atoms with van der Waals surface area (Å²) in [5.41, 5.74) is 0.932. The second kappa shape index (κ2) is 5.73. The molecule has 2 aromatic heterocycles. The highest BCUT2D eigenvalue weighted by Gasteiger charge is 2.38. The third-order valence-electron chi connectivity index (χ3n) is 5.15. The Kier molecular flexibility index (Phi) is 3.68. The number of aromatic nitrogens is 3. The van der Waals surface area contributed by atoms with E-state index in [1.807, 2.05) is 31.7 Å². The predicted molar refractivity (Wildman–Crippen MR) is 87.7 cm³/mol. The molecule has 4 rings (SSSR count). The van der Waals surface area contributed by atoms with E-state index in [0.29, 0.717) is 11.8 Å². The molecular formula is C17H23N5O2. The molecule has 7 nitrogen and oxygen atoms in total. The Balaban J connectivity index is 1.38. The van der Waals surface area contributed by atoms with Gasteiger partial charge in [0.2, 0.25) is 0 Å². The van der Waals surface area contributed by atoms with Crippen LogP contribution in [0.2, 0.25) is 0 Å². The number of carbonyl (C=O) groups is 1. The molecule has 0 radical (unpaired) electrons. The molecule has 2 aliphatic rings. The fraction of sp³-hybridized carbons (Fsp3) is 0.588. The first-order valence-electron chi connectivity index (χ1n) is 8.58. The maximum Gasteiger partial charge on any atom is 0.289 e. The molecule has 1 fully saturated rings. The summed E-state index contributed by atoms with van der Waals surface area (Å²) in [4.78, 5) is 16.9. The quantitative estimate of drug-likeness (QED) is 0.851. The third-order valence-corrected chi connectivity index (χ3v) is 5.15. The van der Waals surface area contributed by atoms with Gasteiger partial charge in [0.25, 0.3) is 5.91 Å². The fourth-order valence-corrected chi connectivity index (χ4v) is 3.56. The molecule has 4 heterocycles. The Morgan fingerprint density at radius 3 is 2.79 bits per heavy atom. The summed E-state index contributed by atoms with van der Waals surface area (Å²) in [5.74, 6) is 3.39. The first-order valence-corrected chi connectivity index (χ1v) is 8.58. The van der Waals surface area contributed by atoms with Crippen molar-refractivity contribution in [1.82, 2.24) is 24.6 Å². The minimum atomic E-state index is 0.0134. The Morgan fingerprint density at radius 2 is 2.08 bits per heavy atom. The topological polar surface area (TPSA) is 67.4 Å². The lowest BCUT2D eigenvalue weighted by Crippen LogP contribution is -2.62. The van der Waals surface area contributed by atoms with Crippen LogP contribution in [0.1, 0.15) is 40.5 Å². The summed E-state index contributed by atoms with van der Waals surface area (Å²) in [7, 11) is 0. The lowest BCUT2D eigenvalue weighted by Gasteiger charge is -2.46. The van der Waals surface area contributed by atoms with E-state index in [9.17, 15) is 4.79 Å². The number of likely N-dealkylation sites (tertiary alicyclic amines) is 1. The van der Waals surface area contributed by atoms with E-state index in [2.05, 4.69) is 19.7 Å². The highest BCUT2D eigenvalue weighted by molar-refractivity contribution is 5.93. The van der Waals surface area contributed by atoms with E-state index < -0.39 is 0 Å². The largest absolute Gasteiger partial charge is 0.456 e. The Hall–Kier alpha value is -2.15. The maximum atomic E-state index is 12.6. The van der Waals surface area contributed by atoms with Crippen LogP contribution in [0.3, 0.4) is 0 Å². The molecule has 1 saturated heterocycles. The van der Waals surface area contributed by atoms with Crippen LogP contribution in [-0.2, 0) is 19.5 Å². The first-order chi connectivity index (χ1) is 11.6. The fourth-order valence-electron chi connectivity index (χ4n) is 3.56. The molecule has 0 atom stereocenters. The van der Waals surface area contributed by atoms with E-state index in [0.717, 1.165) is 62.1 Å². The van der Waals surface area contributed by atoms with Gasteiger partial charge in [-0.25, -0.2) is 0 Å².